The fourth-order valence-electron chi connectivity index (χ4n) is 2.64. The minimum atomic E-state index is -0.987. The summed E-state index contributed by atoms with van der Waals surface area (Å²) < 4.78 is 5.22. The predicted octanol–water partition coefficient (Wildman–Crippen LogP) is 2.18. The van der Waals surface area contributed by atoms with Crippen LogP contribution in [0.3, 0.4) is 0 Å². The number of aryl methyl sites for hydroxylation is 1. The molecule has 6 heteroatoms. The number of benzene rings is 1. The summed E-state index contributed by atoms with van der Waals surface area (Å²) >= 11 is 0. The topological polar surface area (TPSA) is 92.4 Å². The summed E-state index contributed by atoms with van der Waals surface area (Å²) in [5.74, 6) is -0.462. The third-order valence-electron chi connectivity index (χ3n) is 3.79. The Balaban J connectivity index is 1.69. The molecule has 1 amide bonds. The van der Waals surface area contributed by atoms with Gasteiger partial charge in [-0.25, -0.2) is 4.79 Å². The van der Waals surface area contributed by atoms with Gasteiger partial charge in [0.05, 0.1) is 5.56 Å². The van der Waals surface area contributed by atoms with Crippen molar-refractivity contribution in [3.05, 3.63) is 52.4 Å². The van der Waals surface area contributed by atoms with Crippen molar-refractivity contribution in [1.82, 2.24) is 10.5 Å². The number of nitrogens with zero attached hydrogens (tertiary/aromatic N) is 1. The van der Waals surface area contributed by atoms with E-state index in [1.165, 1.54) is 6.07 Å². The Morgan fingerprint density at radius 2 is 2.09 bits per heavy atom. The Bertz CT molecular complexity index is 721. The normalized spacial score (nSPS) is 13.5. The lowest BCUT2D eigenvalue weighted by Gasteiger charge is -2.09. The number of nitrogens with one attached hydrogen (secondary N) is 1. The number of hydrogen-bond donors (Lipinski definition) is 2. The van der Waals surface area contributed by atoms with Gasteiger partial charge in [0.2, 0.25) is 0 Å². The lowest BCUT2D eigenvalue weighted by molar-refractivity contribution is 0.0696. The zero-order valence-corrected chi connectivity index (χ0v) is 12.0. The summed E-state index contributed by atoms with van der Waals surface area (Å²) in [4.78, 5) is 23.1. The van der Waals surface area contributed by atoms with E-state index < -0.39 is 5.97 Å². The SMILES string of the molecule is O=C(O)c1cccc(CNC(=O)c2noc3c2CCCC3)c1. The summed E-state index contributed by atoms with van der Waals surface area (Å²) in [5, 5.41) is 15.6. The maximum atomic E-state index is 12.2. The molecule has 2 N–H and O–H groups in total. The maximum absolute atomic E-state index is 12.2. The molecule has 1 heterocycles. The number of hydrogen-bond acceptors (Lipinski definition) is 4. The highest BCUT2D eigenvalue weighted by Gasteiger charge is 2.23. The van der Waals surface area contributed by atoms with Gasteiger partial charge in [-0.3, -0.25) is 4.79 Å². The molecule has 6 nitrogen and oxygen atoms in total. The van der Waals surface area contributed by atoms with Crippen LogP contribution in [0.5, 0.6) is 0 Å². The smallest absolute Gasteiger partial charge is 0.335 e. The molecule has 0 radical (unpaired) electrons. The molecule has 1 aromatic heterocycles. The van der Waals surface area contributed by atoms with Crippen LogP contribution >= 0.6 is 0 Å². The summed E-state index contributed by atoms with van der Waals surface area (Å²) in [6.45, 7) is 0.252. The highest BCUT2D eigenvalue weighted by atomic mass is 16.5. The number of fused-ring (bicyclic) bond motifs is 1. The molecule has 114 valence electrons. The first kappa shape index (κ1) is 14.3. The largest absolute Gasteiger partial charge is 0.478 e. The van der Waals surface area contributed by atoms with Gasteiger partial charge in [-0.2, -0.15) is 0 Å². The quantitative estimate of drug-likeness (QED) is 0.903. The van der Waals surface area contributed by atoms with Crippen LogP contribution in [-0.4, -0.2) is 22.1 Å². The molecular weight excluding hydrogens is 284 g/mol. The van der Waals surface area contributed by atoms with Crippen LogP contribution in [0, 0.1) is 0 Å². The monoisotopic (exact) mass is 300 g/mol. The third-order valence-corrected chi connectivity index (χ3v) is 3.79. The molecule has 0 aliphatic heterocycles. The van der Waals surface area contributed by atoms with Gasteiger partial charge in [0.1, 0.15) is 5.76 Å². The Kier molecular flexibility index (Phi) is 3.91. The predicted molar refractivity (Wildman–Crippen MR) is 77.7 cm³/mol. The van der Waals surface area contributed by atoms with Gasteiger partial charge in [-0.15, -0.1) is 0 Å². The number of aromatic carboxylic acids is 1. The van der Waals surface area contributed by atoms with Crippen LogP contribution in [0.1, 0.15) is 50.6 Å². The van der Waals surface area contributed by atoms with Crippen LogP contribution in [0.15, 0.2) is 28.8 Å². The van der Waals surface area contributed by atoms with Crippen molar-refractivity contribution in [2.75, 3.05) is 0 Å². The average Bonchev–Trinajstić information content (AvgIpc) is 2.97. The highest BCUT2D eigenvalue weighted by molar-refractivity contribution is 5.94. The number of carbonyl (C=O) groups is 2. The Labute approximate surface area is 127 Å². The number of carbonyl (C=O) groups excluding carboxylic acids is 1. The van der Waals surface area contributed by atoms with Gasteiger partial charge in [-0.1, -0.05) is 17.3 Å². The van der Waals surface area contributed by atoms with E-state index in [9.17, 15) is 9.59 Å². The molecule has 3 rings (SSSR count). The van der Waals surface area contributed by atoms with Crippen molar-refractivity contribution in [2.45, 2.75) is 32.2 Å². The van der Waals surface area contributed by atoms with Gasteiger partial charge < -0.3 is 14.9 Å². The lowest BCUT2D eigenvalue weighted by atomic mass is 9.96. The molecule has 1 aromatic carbocycles. The zero-order chi connectivity index (χ0) is 15.5. The zero-order valence-electron chi connectivity index (χ0n) is 12.0. The second kappa shape index (κ2) is 6.01. The van der Waals surface area contributed by atoms with E-state index in [1.807, 2.05) is 0 Å². The van der Waals surface area contributed by atoms with E-state index in [2.05, 4.69) is 10.5 Å². The molecular formula is C16H16N2O4. The van der Waals surface area contributed by atoms with E-state index in [0.29, 0.717) is 5.69 Å². The van der Waals surface area contributed by atoms with Gasteiger partial charge in [0.25, 0.3) is 5.91 Å². The standard InChI is InChI=1S/C16H16N2O4/c19-15(14-12-6-1-2-7-13(12)22-18-14)17-9-10-4-3-5-11(8-10)16(20)21/h3-5,8H,1-2,6-7,9H2,(H,17,19)(H,20,21). The van der Waals surface area contributed by atoms with E-state index in [1.54, 1.807) is 18.2 Å². The van der Waals surface area contributed by atoms with Crippen molar-refractivity contribution >= 4 is 11.9 Å². The molecule has 1 aliphatic carbocycles. The molecule has 0 bridgehead atoms. The highest BCUT2D eigenvalue weighted by Crippen LogP contribution is 2.24. The Morgan fingerprint density at radius 3 is 2.91 bits per heavy atom. The Hall–Kier alpha value is -2.63. The fourth-order valence-corrected chi connectivity index (χ4v) is 2.64. The first-order chi connectivity index (χ1) is 10.6. The van der Waals surface area contributed by atoms with E-state index >= 15 is 0 Å². The first-order valence-corrected chi connectivity index (χ1v) is 7.23. The third kappa shape index (κ3) is 2.86. The van der Waals surface area contributed by atoms with Crippen molar-refractivity contribution in [3.63, 3.8) is 0 Å². The molecule has 0 spiro atoms. The molecule has 0 saturated carbocycles. The van der Waals surface area contributed by atoms with Crippen LogP contribution < -0.4 is 5.32 Å². The van der Waals surface area contributed by atoms with Crippen LogP contribution in [0.25, 0.3) is 0 Å². The van der Waals surface area contributed by atoms with Crippen molar-refractivity contribution in [3.8, 4) is 0 Å². The van der Waals surface area contributed by atoms with Crippen molar-refractivity contribution < 1.29 is 19.2 Å². The minimum absolute atomic E-state index is 0.200. The van der Waals surface area contributed by atoms with E-state index in [0.717, 1.165) is 42.6 Å². The van der Waals surface area contributed by atoms with Crippen LogP contribution in [-0.2, 0) is 19.4 Å². The maximum Gasteiger partial charge on any atom is 0.335 e. The minimum Gasteiger partial charge on any atom is -0.478 e. The molecule has 22 heavy (non-hydrogen) atoms. The second-order valence-corrected chi connectivity index (χ2v) is 5.33. The first-order valence-electron chi connectivity index (χ1n) is 7.23. The molecule has 0 saturated heterocycles. The van der Waals surface area contributed by atoms with E-state index in [4.69, 9.17) is 9.63 Å². The summed E-state index contributed by atoms with van der Waals surface area (Å²) in [6, 6.07) is 6.48. The number of amides is 1. The van der Waals surface area contributed by atoms with E-state index in [-0.39, 0.29) is 18.0 Å². The van der Waals surface area contributed by atoms with Gasteiger partial charge in [0.15, 0.2) is 5.69 Å². The Morgan fingerprint density at radius 1 is 1.27 bits per heavy atom. The molecule has 0 atom stereocenters. The second-order valence-electron chi connectivity index (χ2n) is 5.33. The fraction of sp³-hybridized carbons (Fsp3) is 0.312. The average molecular weight is 300 g/mol. The van der Waals surface area contributed by atoms with Gasteiger partial charge >= 0.3 is 5.97 Å². The van der Waals surface area contributed by atoms with Gasteiger partial charge in [-0.05, 0) is 37.0 Å². The molecule has 1 aliphatic rings. The molecule has 0 unspecified atom stereocenters. The number of carboxylic acids is 1. The summed E-state index contributed by atoms with van der Waals surface area (Å²) in [7, 11) is 0. The molecule has 0 fully saturated rings. The van der Waals surface area contributed by atoms with Crippen molar-refractivity contribution in [1.29, 1.82) is 0 Å². The van der Waals surface area contributed by atoms with Gasteiger partial charge in [0, 0.05) is 18.5 Å². The summed E-state index contributed by atoms with van der Waals surface area (Å²) in [6.07, 6.45) is 3.74. The number of rotatable bonds is 4. The molecule has 2 aromatic rings. The lowest BCUT2D eigenvalue weighted by Crippen LogP contribution is -2.24. The number of carboxylic acid groups (broad SMARTS) is 1. The van der Waals surface area contributed by atoms with Crippen LogP contribution in [0.2, 0.25) is 0 Å². The summed E-state index contributed by atoms with van der Waals surface area (Å²) in [5.41, 5.74) is 2.18. The van der Waals surface area contributed by atoms with Crippen molar-refractivity contribution in [2.24, 2.45) is 0 Å². The van der Waals surface area contributed by atoms with Crippen LogP contribution in [0.4, 0.5) is 0 Å². The number of aromatic nitrogens is 1.